The van der Waals surface area contributed by atoms with Crippen LogP contribution in [0.5, 0.6) is 0 Å². The highest BCUT2D eigenvalue weighted by Gasteiger charge is 2.09. The van der Waals surface area contributed by atoms with Gasteiger partial charge in [0.2, 0.25) is 0 Å². The van der Waals surface area contributed by atoms with Crippen LogP contribution in [-0.2, 0) is 13.0 Å². The van der Waals surface area contributed by atoms with Crippen LogP contribution in [0.1, 0.15) is 18.3 Å². The van der Waals surface area contributed by atoms with E-state index in [1.807, 2.05) is 6.92 Å². The number of imidazole rings is 1. The second-order valence-electron chi connectivity index (χ2n) is 4.60. The molecule has 0 spiro atoms. The molecule has 0 aliphatic carbocycles. The maximum atomic E-state index is 5.64. The Hall–Kier alpha value is -1.61. The van der Waals surface area contributed by atoms with Gasteiger partial charge in [0.15, 0.2) is 0 Å². The third kappa shape index (κ3) is 2.39. The molecule has 0 aliphatic rings. The topological polar surface area (TPSA) is 43.8 Å². The lowest BCUT2D eigenvalue weighted by atomic mass is 10.2. The molecule has 2 aromatic rings. The number of hydrogen-bond acceptors (Lipinski definition) is 2. The molecule has 0 aliphatic heterocycles. The SMILES string of the molecule is C=C(C)Cn1c(CCN)nc2cc(C)ccc21. The van der Waals surface area contributed by atoms with Crippen LogP contribution in [0.3, 0.4) is 0 Å². The van der Waals surface area contributed by atoms with Gasteiger partial charge in [-0.05, 0) is 38.1 Å². The summed E-state index contributed by atoms with van der Waals surface area (Å²) in [7, 11) is 0. The number of benzene rings is 1. The summed E-state index contributed by atoms with van der Waals surface area (Å²) in [4.78, 5) is 4.66. The molecule has 0 saturated heterocycles. The van der Waals surface area contributed by atoms with Crippen LogP contribution in [0.15, 0.2) is 30.4 Å². The van der Waals surface area contributed by atoms with Crippen molar-refractivity contribution in [3.63, 3.8) is 0 Å². The van der Waals surface area contributed by atoms with E-state index >= 15 is 0 Å². The van der Waals surface area contributed by atoms with Crippen molar-refractivity contribution >= 4 is 11.0 Å². The zero-order valence-electron chi connectivity index (χ0n) is 10.5. The van der Waals surface area contributed by atoms with Gasteiger partial charge in [0.25, 0.3) is 0 Å². The van der Waals surface area contributed by atoms with Gasteiger partial charge in [-0.3, -0.25) is 0 Å². The van der Waals surface area contributed by atoms with Crippen molar-refractivity contribution < 1.29 is 0 Å². The molecule has 0 amide bonds. The van der Waals surface area contributed by atoms with E-state index in [1.54, 1.807) is 0 Å². The Bertz CT molecular complexity index is 552. The highest BCUT2D eigenvalue weighted by molar-refractivity contribution is 5.77. The van der Waals surface area contributed by atoms with E-state index in [-0.39, 0.29) is 0 Å². The molecule has 2 N–H and O–H groups in total. The highest BCUT2D eigenvalue weighted by Crippen LogP contribution is 2.19. The van der Waals surface area contributed by atoms with Gasteiger partial charge in [-0.2, -0.15) is 0 Å². The van der Waals surface area contributed by atoms with Crippen LogP contribution < -0.4 is 5.73 Å². The lowest BCUT2D eigenvalue weighted by Gasteiger charge is -2.08. The number of fused-ring (bicyclic) bond motifs is 1. The first-order chi connectivity index (χ1) is 8.11. The van der Waals surface area contributed by atoms with E-state index in [4.69, 9.17) is 5.73 Å². The fourth-order valence-corrected chi connectivity index (χ4v) is 2.06. The lowest BCUT2D eigenvalue weighted by molar-refractivity contribution is 0.727. The molecule has 3 heteroatoms. The smallest absolute Gasteiger partial charge is 0.111 e. The number of nitrogens with two attached hydrogens (primary N) is 1. The van der Waals surface area contributed by atoms with Crippen LogP contribution >= 0.6 is 0 Å². The number of allylic oxidation sites excluding steroid dienone is 1. The molecule has 90 valence electrons. The Morgan fingerprint density at radius 2 is 2.24 bits per heavy atom. The lowest BCUT2D eigenvalue weighted by Crippen LogP contribution is -2.10. The van der Waals surface area contributed by atoms with Gasteiger partial charge in [-0.1, -0.05) is 18.2 Å². The Morgan fingerprint density at radius 1 is 1.47 bits per heavy atom. The molecular weight excluding hydrogens is 210 g/mol. The van der Waals surface area contributed by atoms with E-state index in [1.165, 1.54) is 11.1 Å². The summed E-state index contributed by atoms with van der Waals surface area (Å²) >= 11 is 0. The highest BCUT2D eigenvalue weighted by atomic mass is 15.1. The van der Waals surface area contributed by atoms with Crippen molar-refractivity contribution in [2.45, 2.75) is 26.8 Å². The van der Waals surface area contributed by atoms with Gasteiger partial charge < -0.3 is 10.3 Å². The van der Waals surface area contributed by atoms with Crippen LogP contribution in [0, 0.1) is 6.92 Å². The Kier molecular flexibility index (Phi) is 3.29. The second kappa shape index (κ2) is 4.72. The quantitative estimate of drug-likeness (QED) is 0.818. The molecular formula is C14H19N3. The summed E-state index contributed by atoms with van der Waals surface area (Å²) < 4.78 is 2.21. The third-order valence-electron chi connectivity index (χ3n) is 2.78. The molecule has 2 rings (SSSR count). The molecule has 0 radical (unpaired) electrons. The largest absolute Gasteiger partial charge is 0.330 e. The zero-order chi connectivity index (χ0) is 12.4. The maximum absolute atomic E-state index is 5.64. The summed E-state index contributed by atoms with van der Waals surface area (Å²) in [6, 6.07) is 6.36. The Morgan fingerprint density at radius 3 is 2.88 bits per heavy atom. The van der Waals surface area contributed by atoms with Crippen molar-refractivity contribution in [1.82, 2.24) is 9.55 Å². The number of aromatic nitrogens is 2. The van der Waals surface area contributed by atoms with Crippen molar-refractivity contribution in [1.29, 1.82) is 0 Å². The van der Waals surface area contributed by atoms with Gasteiger partial charge in [-0.25, -0.2) is 4.98 Å². The summed E-state index contributed by atoms with van der Waals surface area (Å²) in [6.45, 7) is 9.53. The van der Waals surface area contributed by atoms with Crippen LogP contribution in [0.4, 0.5) is 0 Å². The minimum absolute atomic E-state index is 0.624. The average Bonchev–Trinajstić information content (AvgIpc) is 2.56. The van der Waals surface area contributed by atoms with Crippen molar-refractivity contribution in [2.24, 2.45) is 5.73 Å². The number of rotatable bonds is 4. The minimum Gasteiger partial charge on any atom is -0.330 e. The number of hydrogen-bond donors (Lipinski definition) is 1. The van der Waals surface area contributed by atoms with E-state index < -0.39 is 0 Å². The Labute approximate surface area is 102 Å². The van der Waals surface area contributed by atoms with Crippen molar-refractivity contribution in [3.05, 3.63) is 41.7 Å². The van der Waals surface area contributed by atoms with Gasteiger partial charge in [0, 0.05) is 13.0 Å². The van der Waals surface area contributed by atoms with Crippen LogP contribution in [0.25, 0.3) is 11.0 Å². The van der Waals surface area contributed by atoms with E-state index in [9.17, 15) is 0 Å². The summed E-state index contributed by atoms with van der Waals surface area (Å²) in [5, 5.41) is 0. The molecule has 1 heterocycles. The number of aryl methyl sites for hydroxylation is 1. The fraction of sp³-hybridized carbons (Fsp3) is 0.357. The van der Waals surface area contributed by atoms with Crippen molar-refractivity contribution in [2.75, 3.05) is 6.54 Å². The average molecular weight is 229 g/mol. The maximum Gasteiger partial charge on any atom is 0.111 e. The van der Waals surface area contributed by atoms with E-state index in [0.717, 1.165) is 29.9 Å². The van der Waals surface area contributed by atoms with Gasteiger partial charge in [0.1, 0.15) is 5.82 Å². The monoisotopic (exact) mass is 229 g/mol. The van der Waals surface area contributed by atoms with E-state index in [2.05, 4.69) is 41.3 Å². The molecule has 1 aromatic heterocycles. The summed E-state index contributed by atoms with van der Waals surface area (Å²) in [5.74, 6) is 1.05. The van der Waals surface area contributed by atoms with Gasteiger partial charge in [-0.15, -0.1) is 0 Å². The van der Waals surface area contributed by atoms with Crippen molar-refractivity contribution in [3.8, 4) is 0 Å². The predicted molar refractivity (Wildman–Crippen MR) is 72.0 cm³/mol. The molecule has 0 saturated carbocycles. The second-order valence-corrected chi connectivity index (χ2v) is 4.60. The van der Waals surface area contributed by atoms with Crippen LogP contribution in [0.2, 0.25) is 0 Å². The number of nitrogens with zero attached hydrogens (tertiary/aromatic N) is 2. The molecule has 0 unspecified atom stereocenters. The Balaban J connectivity index is 2.57. The molecule has 0 bridgehead atoms. The minimum atomic E-state index is 0.624. The first-order valence-corrected chi connectivity index (χ1v) is 5.92. The molecule has 0 atom stereocenters. The predicted octanol–water partition coefficient (Wildman–Crippen LogP) is 2.42. The first-order valence-electron chi connectivity index (χ1n) is 5.92. The summed E-state index contributed by atoms with van der Waals surface area (Å²) in [6.07, 6.45) is 0.807. The molecule has 0 fully saturated rings. The normalized spacial score (nSPS) is 11.0. The third-order valence-corrected chi connectivity index (χ3v) is 2.78. The van der Waals surface area contributed by atoms with Crippen LogP contribution in [-0.4, -0.2) is 16.1 Å². The molecule has 1 aromatic carbocycles. The standard InChI is InChI=1S/C14H19N3/c1-10(2)9-17-13-5-4-11(3)8-12(13)16-14(17)6-7-15/h4-5,8H,1,6-7,9,15H2,2-3H3. The fourth-order valence-electron chi connectivity index (χ4n) is 2.06. The summed E-state index contributed by atoms with van der Waals surface area (Å²) in [5.41, 5.74) is 10.2. The molecule has 3 nitrogen and oxygen atoms in total. The molecule has 17 heavy (non-hydrogen) atoms. The van der Waals surface area contributed by atoms with E-state index in [0.29, 0.717) is 6.54 Å². The zero-order valence-corrected chi connectivity index (χ0v) is 10.5. The van der Waals surface area contributed by atoms with Gasteiger partial charge in [0.05, 0.1) is 11.0 Å². The first kappa shape index (κ1) is 11.9. The van der Waals surface area contributed by atoms with Gasteiger partial charge >= 0.3 is 0 Å².